The van der Waals surface area contributed by atoms with Crippen LogP contribution in [-0.4, -0.2) is 43.7 Å². The van der Waals surface area contributed by atoms with E-state index in [4.69, 9.17) is 21.1 Å². The van der Waals surface area contributed by atoms with Crippen LogP contribution in [0.25, 0.3) is 0 Å². The van der Waals surface area contributed by atoms with Gasteiger partial charge in [0.05, 0.1) is 12.2 Å². The smallest absolute Gasteiger partial charge is 0.238 e. The Morgan fingerprint density at radius 3 is 2.88 bits per heavy atom. The number of ether oxygens (including phenoxy) is 2. The fraction of sp³-hybridized carbons (Fsp3) is 0.278. The Morgan fingerprint density at radius 1 is 1.32 bits per heavy atom. The van der Waals surface area contributed by atoms with Crippen LogP contribution in [0.3, 0.4) is 0 Å². The van der Waals surface area contributed by atoms with Gasteiger partial charge in [-0.2, -0.15) is 0 Å². The number of likely N-dealkylation sites (N-methyl/N-ethyl adjacent to an activating group) is 1. The standard InChI is InChI=1S/C18H18ClFN2O3/c1-22(9-13-11-24-16-4-2-3-5-17(16)25-13)10-18(23)21-15-8-12(19)6-7-14(15)20/h2-8,13H,9-11H2,1H3,(H,21,23)/t13-/m1/s1. The van der Waals surface area contributed by atoms with Gasteiger partial charge in [-0.05, 0) is 37.4 Å². The van der Waals surface area contributed by atoms with E-state index in [0.29, 0.717) is 23.9 Å². The monoisotopic (exact) mass is 364 g/mol. The molecule has 1 heterocycles. The van der Waals surface area contributed by atoms with Crippen molar-refractivity contribution in [2.24, 2.45) is 0 Å². The number of para-hydroxylation sites is 2. The molecule has 2 aromatic carbocycles. The third kappa shape index (κ3) is 4.61. The third-order valence-electron chi connectivity index (χ3n) is 3.70. The van der Waals surface area contributed by atoms with E-state index in [2.05, 4.69) is 5.32 Å². The van der Waals surface area contributed by atoms with Gasteiger partial charge >= 0.3 is 0 Å². The van der Waals surface area contributed by atoms with Crippen LogP contribution in [0.15, 0.2) is 42.5 Å². The van der Waals surface area contributed by atoms with Gasteiger partial charge in [0, 0.05) is 11.6 Å². The van der Waals surface area contributed by atoms with Crippen molar-refractivity contribution < 1.29 is 18.7 Å². The zero-order chi connectivity index (χ0) is 17.8. The Labute approximate surface area is 150 Å². The summed E-state index contributed by atoms with van der Waals surface area (Å²) >= 11 is 5.82. The summed E-state index contributed by atoms with van der Waals surface area (Å²) < 4.78 is 25.2. The molecule has 0 unspecified atom stereocenters. The predicted octanol–water partition coefficient (Wildman–Crippen LogP) is 3.19. The van der Waals surface area contributed by atoms with E-state index in [0.717, 1.165) is 5.75 Å². The molecular formula is C18H18ClFN2O3. The number of hydrogen-bond donors (Lipinski definition) is 1. The summed E-state index contributed by atoms with van der Waals surface area (Å²) in [6, 6.07) is 11.5. The topological polar surface area (TPSA) is 50.8 Å². The largest absolute Gasteiger partial charge is 0.486 e. The van der Waals surface area contributed by atoms with Gasteiger partial charge in [0.25, 0.3) is 0 Å². The van der Waals surface area contributed by atoms with Crippen molar-refractivity contribution in [2.75, 3.05) is 32.1 Å². The maximum atomic E-state index is 13.7. The normalized spacial score (nSPS) is 15.9. The molecule has 2 aromatic rings. The lowest BCUT2D eigenvalue weighted by Crippen LogP contribution is -2.42. The van der Waals surface area contributed by atoms with Gasteiger partial charge in [-0.1, -0.05) is 23.7 Å². The van der Waals surface area contributed by atoms with Crippen molar-refractivity contribution in [1.29, 1.82) is 0 Å². The number of carbonyl (C=O) groups is 1. The molecule has 0 saturated carbocycles. The van der Waals surface area contributed by atoms with Crippen LogP contribution in [0.4, 0.5) is 10.1 Å². The van der Waals surface area contributed by atoms with Crippen LogP contribution in [0.5, 0.6) is 11.5 Å². The predicted molar refractivity (Wildman–Crippen MR) is 93.9 cm³/mol. The van der Waals surface area contributed by atoms with Crippen LogP contribution in [-0.2, 0) is 4.79 Å². The van der Waals surface area contributed by atoms with E-state index in [9.17, 15) is 9.18 Å². The highest BCUT2D eigenvalue weighted by Crippen LogP contribution is 2.30. The first-order chi connectivity index (χ1) is 12.0. The minimum absolute atomic E-state index is 0.0667. The molecular weight excluding hydrogens is 347 g/mol. The minimum Gasteiger partial charge on any atom is -0.486 e. The van der Waals surface area contributed by atoms with E-state index in [1.165, 1.54) is 18.2 Å². The number of amides is 1. The summed E-state index contributed by atoms with van der Waals surface area (Å²) in [4.78, 5) is 13.9. The third-order valence-corrected chi connectivity index (χ3v) is 3.93. The molecule has 0 radical (unpaired) electrons. The first-order valence-electron chi connectivity index (χ1n) is 7.83. The van der Waals surface area contributed by atoms with Crippen LogP contribution in [0.1, 0.15) is 0 Å². The molecule has 0 bridgehead atoms. The quantitative estimate of drug-likeness (QED) is 0.885. The van der Waals surface area contributed by atoms with E-state index in [1.54, 1.807) is 11.9 Å². The molecule has 7 heteroatoms. The number of anilines is 1. The van der Waals surface area contributed by atoms with Gasteiger partial charge in [0.15, 0.2) is 11.5 Å². The fourth-order valence-electron chi connectivity index (χ4n) is 2.59. The second-order valence-corrected chi connectivity index (χ2v) is 6.30. The lowest BCUT2D eigenvalue weighted by atomic mass is 10.2. The highest BCUT2D eigenvalue weighted by molar-refractivity contribution is 6.30. The van der Waals surface area contributed by atoms with Gasteiger partial charge < -0.3 is 14.8 Å². The molecule has 132 valence electrons. The van der Waals surface area contributed by atoms with Crippen LogP contribution >= 0.6 is 11.6 Å². The molecule has 0 saturated heterocycles. The van der Waals surface area contributed by atoms with Crippen LogP contribution < -0.4 is 14.8 Å². The average molecular weight is 365 g/mol. The molecule has 1 amide bonds. The Kier molecular flexibility index (Phi) is 5.40. The molecule has 1 aliphatic heterocycles. The van der Waals surface area contributed by atoms with E-state index in [-0.39, 0.29) is 24.2 Å². The molecule has 0 aliphatic carbocycles. The summed E-state index contributed by atoms with van der Waals surface area (Å²) in [5.74, 6) is 0.551. The molecule has 0 fully saturated rings. The van der Waals surface area contributed by atoms with Crippen LogP contribution in [0, 0.1) is 5.82 Å². The number of fused-ring (bicyclic) bond motifs is 1. The van der Waals surface area contributed by atoms with Gasteiger partial charge in [-0.25, -0.2) is 4.39 Å². The summed E-state index contributed by atoms with van der Waals surface area (Å²) in [6.07, 6.45) is -0.185. The summed E-state index contributed by atoms with van der Waals surface area (Å²) in [5, 5.41) is 2.88. The highest BCUT2D eigenvalue weighted by Gasteiger charge is 2.22. The van der Waals surface area contributed by atoms with Crippen LogP contribution in [0.2, 0.25) is 5.02 Å². The Morgan fingerprint density at radius 2 is 2.08 bits per heavy atom. The first-order valence-corrected chi connectivity index (χ1v) is 8.21. The number of nitrogens with zero attached hydrogens (tertiary/aromatic N) is 1. The summed E-state index contributed by atoms with van der Waals surface area (Å²) in [7, 11) is 1.79. The zero-order valence-corrected chi connectivity index (χ0v) is 14.4. The Balaban J connectivity index is 1.52. The summed E-state index contributed by atoms with van der Waals surface area (Å²) in [5.41, 5.74) is 0.0667. The second-order valence-electron chi connectivity index (χ2n) is 5.87. The SMILES string of the molecule is CN(CC(=O)Nc1cc(Cl)ccc1F)C[C@@H]1COc2ccccc2O1. The molecule has 0 aromatic heterocycles. The first kappa shape index (κ1) is 17.5. The summed E-state index contributed by atoms with van der Waals surface area (Å²) in [6.45, 7) is 0.999. The van der Waals surface area contributed by atoms with Crippen molar-refractivity contribution in [3.05, 3.63) is 53.3 Å². The molecule has 3 rings (SSSR count). The lowest BCUT2D eigenvalue weighted by molar-refractivity contribution is -0.117. The average Bonchev–Trinajstić information content (AvgIpc) is 2.58. The molecule has 0 spiro atoms. The van der Waals surface area contributed by atoms with Crippen molar-refractivity contribution in [3.8, 4) is 11.5 Å². The number of hydrogen-bond acceptors (Lipinski definition) is 4. The fourth-order valence-corrected chi connectivity index (χ4v) is 2.77. The number of nitrogens with one attached hydrogen (secondary N) is 1. The highest BCUT2D eigenvalue weighted by atomic mass is 35.5. The number of carbonyl (C=O) groups excluding carboxylic acids is 1. The maximum absolute atomic E-state index is 13.7. The molecule has 25 heavy (non-hydrogen) atoms. The molecule has 1 N–H and O–H groups in total. The van der Waals surface area contributed by atoms with Gasteiger partial charge in [0.2, 0.25) is 5.91 Å². The minimum atomic E-state index is -0.527. The number of halogens is 2. The van der Waals surface area contributed by atoms with E-state index >= 15 is 0 Å². The second kappa shape index (κ2) is 7.72. The molecule has 1 atom stereocenters. The Bertz CT molecular complexity index is 772. The van der Waals surface area contributed by atoms with Gasteiger partial charge in [0.1, 0.15) is 18.5 Å². The van der Waals surface area contributed by atoms with Gasteiger partial charge in [-0.15, -0.1) is 0 Å². The molecule has 1 aliphatic rings. The number of benzene rings is 2. The van der Waals surface area contributed by atoms with Crippen molar-refractivity contribution in [2.45, 2.75) is 6.10 Å². The van der Waals surface area contributed by atoms with E-state index in [1.807, 2.05) is 24.3 Å². The van der Waals surface area contributed by atoms with E-state index < -0.39 is 5.82 Å². The number of rotatable bonds is 5. The Hall–Kier alpha value is -2.31. The van der Waals surface area contributed by atoms with Gasteiger partial charge in [-0.3, -0.25) is 9.69 Å². The van der Waals surface area contributed by atoms with Crippen molar-refractivity contribution in [1.82, 2.24) is 4.90 Å². The maximum Gasteiger partial charge on any atom is 0.238 e. The lowest BCUT2D eigenvalue weighted by Gasteiger charge is -2.29. The zero-order valence-electron chi connectivity index (χ0n) is 13.7. The molecule has 5 nitrogen and oxygen atoms in total. The van der Waals surface area contributed by atoms with Crippen molar-refractivity contribution in [3.63, 3.8) is 0 Å². The van der Waals surface area contributed by atoms with Crippen molar-refractivity contribution >= 4 is 23.2 Å².